The van der Waals surface area contributed by atoms with E-state index in [0.29, 0.717) is 26.9 Å². The first-order valence-corrected chi connectivity index (χ1v) is 15.4. The van der Waals surface area contributed by atoms with Crippen molar-refractivity contribution in [3.8, 4) is 5.69 Å². The number of nitrogens with one attached hydrogen (secondary N) is 1. The van der Waals surface area contributed by atoms with Gasteiger partial charge in [0.1, 0.15) is 4.70 Å². The van der Waals surface area contributed by atoms with Crippen LogP contribution in [0.15, 0.2) is 78.0 Å². The van der Waals surface area contributed by atoms with Crippen molar-refractivity contribution in [2.75, 3.05) is 36.7 Å². The molecule has 0 atom stereocenters. The summed E-state index contributed by atoms with van der Waals surface area (Å²) in [6.07, 6.45) is 0. The molecular formula is C30H26N6O3S3. The predicted molar refractivity (Wildman–Crippen MR) is 172 cm³/mol. The summed E-state index contributed by atoms with van der Waals surface area (Å²) >= 11 is 8.55. The molecule has 3 aromatic heterocycles. The summed E-state index contributed by atoms with van der Waals surface area (Å²) < 4.78 is 10.4. The summed E-state index contributed by atoms with van der Waals surface area (Å²) in [5, 5.41) is 3.59. The fraction of sp³-hybridized carbons (Fsp3) is 0.167. The fourth-order valence-electron chi connectivity index (χ4n) is 4.58. The first kappa shape index (κ1) is 27.9. The van der Waals surface area contributed by atoms with Crippen LogP contribution in [0.4, 0.5) is 11.4 Å². The van der Waals surface area contributed by atoms with Crippen molar-refractivity contribution in [2.24, 2.45) is 0 Å². The minimum absolute atomic E-state index is 0.145. The third kappa shape index (κ3) is 5.24. The van der Waals surface area contributed by atoms with Gasteiger partial charge in [0.15, 0.2) is 20.4 Å². The molecule has 212 valence electrons. The van der Waals surface area contributed by atoms with E-state index in [4.69, 9.17) is 26.9 Å². The van der Waals surface area contributed by atoms with Crippen molar-refractivity contribution in [3.63, 3.8) is 0 Å². The Bertz CT molecular complexity index is 2010. The molecule has 0 saturated heterocycles. The van der Waals surface area contributed by atoms with Gasteiger partial charge in [0.05, 0.1) is 29.0 Å². The highest BCUT2D eigenvalue weighted by Gasteiger charge is 2.20. The lowest BCUT2D eigenvalue weighted by Crippen LogP contribution is -2.15. The Labute approximate surface area is 254 Å². The highest BCUT2D eigenvalue weighted by atomic mass is 32.2. The lowest BCUT2D eigenvalue weighted by molar-refractivity contribution is -0.113. The molecule has 6 aromatic rings. The molecule has 6 rings (SSSR count). The molecule has 9 nitrogen and oxygen atoms in total. The summed E-state index contributed by atoms with van der Waals surface area (Å²) in [7, 11) is 3.94. The Morgan fingerprint density at radius 3 is 2.45 bits per heavy atom. The van der Waals surface area contributed by atoms with Crippen molar-refractivity contribution in [1.29, 1.82) is 0 Å². The number of aromatic nitrogens is 4. The number of fused-ring (bicyclic) bond motifs is 5. The molecule has 0 radical (unpaired) electrons. The standard InChI is InChI=1S/C30H26N6O3S3/c1-4-39-28(38)18-9-13-21(14-10-18)35-27-25(42-30(35)40)26-32-22-7-5-6-8-23(22)36(26)29(33-27)41-17-24(37)31-19-11-15-20(16-12-19)34(2)3/h5-16H,4,17H2,1-3H3,(H,31,37). The number of esters is 1. The van der Waals surface area contributed by atoms with E-state index in [-0.39, 0.29) is 17.6 Å². The van der Waals surface area contributed by atoms with Crippen LogP contribution in [0.3, 0.4) is 0 Å². The lowest BCUT2D eigenvalue weighted by atomic mass is 10.2. The summed E-state index contributed by atoms with van der Waals surface area (Å²) in [5.41, 5.74) is 6.08. The zero-order chi connectivity index (χ0) is 29.4. The van der Waals surface area contributed by atoms with Crippen molar-refractivity contribution in [1.82, 2.24) is 18.9 Å². The maximum Gasteiger partial charge on any atom is 0.338 e. The first-order valence-electron chi connectivity index (χ1n) is 13.1. The predicted octanol–water partition coefficient (Wildman–Crippen LogP) is 6.59. The van der Waals surface area contributed by atoms with Crippen LogP contribution in [0.1, 0.15) is 17.3 Å². The van der Waals surface area contributed by atoms with Crippen LogP contribution in [-0.2, 0) is 9.53 Å². The number of carbonyl (C=O) groups excluding carboxylic acids is 2. The van der Waals surface area contributed by atoms with Gasteiger partial charge >= 0.3 is 5.97 Å². The zero-order valence-corrected chi connectivity index (χ0v) is 25.5. The van der Waals surface area contributed by atoms with E-state index < -0.39 is 0 Å². The fourth-order valence-corrected chi connectivity index (χ4v) is 6.73. The van der Waals surface area contributed by atoms with Crippen LogP contribution in [-0.4, -0.2) is 57.3 Å². The normalized spacial score (nSPS) is 11.3. The van der Waals surface area contributed by atoms with Gasteiger partial charge in [0, 0.05) is 31.2 Å². The van der Waals surface area contributed by atoms with Crippen LogP contribution in [0, 0.1) is 3.95 Å². The van der Waals surface area contributed by atoms with Gasteiger partial charge in [-0.05, 0) is 79.8 Å². The largest absolute Gasteiger partial charge is 0.462 e. The number of thioether (sulfide) groups is 1. The van der Waals surface area contributed by atoms with Gasteiger partial charge in [0.25, 0.3) is 0 Å². The second-order valence-electron chi connectivity index (χ2n) is 9.56. The van der Waals surface area contributed by atoms with Crippen molar-refractivity contribution < 1.29 is 14.3 Å². The molecule has 1 N–H and O–H groups in total. The number of anilines is 2. The highest BCUT2D eigenvalue weighted by Crippen LogP contribution is 2.34. The summed E-state index contributed by atoms with van der Waals surface area (Å²) in [6, 6.07) is 22.6. The van der Waals surface area contributed by atoms with Crippen LogP contribution in [0.25, 0.3) is 32.7 Å². The van der Waals surface area contributed by atoms with Crippen LogP contribution in [0.5, 0.6) is 0 Å². The minimum Gasteiger partial charge on any atom is -0.462 e. The molecule has 0 aliphatic carbocycles. The maximum atomic E-state index is 13.0. The smallest absolute Gasteiger partial charge is 0.338 e. The molecular weight excluding hydrogens is 589 g/mol. The summed E-state index contributed by atoms with van der Waals surface area (Å²) in [4.78, 5) is 37.1. The van der Waals surface area contributed by atoms with Gasteiger partial charge < -0.3 is 15.0 Å². The number of benzene rings is 3. The Hall–Kier alpha value is -4.26. The molecule has 42 heavy (non-hydrogen) atoms. The van der Waals surface area contributed by atoms with Crippen molar-refractivity contribution in [2.45, 2.75) is 12.1 Å². The number of rotatable bonds is 8. The van der Waals surface area contributed by atoms with E-state index >= 15 is 0 Å². The third-order valence-corrected chi connectivity index (χ3v) is 8.88. The van der Waals surface area contributed by atoms with Crippen molar-refractivity contribution in [3.05, 3.63) is 82.3 Å². The number of hydrogen-bond donors (Lipinski definition) is 1. The average molecular weight is 615 g/mol. The lowest BCUT2D eigenvalue weighted by Gasteiger charge is -2.13. The highest BCUT2D eigenvalue weighted by molar-refractivity contribution is 7.99. The average Bonchev–Trinajstić information content (AvgIpc) is 3.54. The molecule has 3 heterocycles. The molecule has 0 unspecified atom stereocenters. The number of imidazole rings is 1. The first-order chi connectivity index (χ1) is 20.3. The van der Waals surface area contributed by atoms with Crippen LogP contribution < -0.4 is 10.2 Å². The van der Waals surface area contributed by atoms with Gasteiger partial charge in [-0.3, -0.25) is 13.8 Å². The van der Waals surface area contributed by atoms with E-state index in [0.717, 1.165) is 38.4 Å². The van der Waals surface area contributed by atoms with Crippen LogP contribution in [0.2, 0.25) is 0 Å². The number of amides is 1. The van der Waals surface area contributed by atoms with E-state index in [2.05, 4.69) is 5.32 Å². The van der Waals surface area contributed by atoms with Gasteiger partial charge in [0.2, 0.25) is 5.91 Å². The van der Waals surface area contributed by atoms with E-state index in [9.17, 15) is 9.59 Å². The molecule has 0 spiro atoms. The molecule has 0 saturated carbocycles. The SMILES string of the molecule is CCOC(=O)c1ccc(-n2c(=S)sc3c2nc(SCC(=O)Nc2ccc(N(C)C)cc2)n2c4ccccc4nc32)cc1. The number of thiazole rings is 1. The molecule has 0 aliphatic heterocycles. The Morgan fingerprint density at radius 1 is 1.00 bits per heavy atom. The molecule has 12 heteroatoms. The Morgan fingerprint density at radius 2 is 1.74 bits per heavy atom. The molecule has 0 bridgehead atoms. The van der Waals surface area contributed by atoms with E-state index in [1.807, 2.05) is 88.6 Å². The van der Waals surface area contributed by atoms with Gasteiger partial charge in [-0.25, -0.2) is 14.8 Å². The second kappa shape index (κ2) is 11.6. The Kier molecular flexibility index (Phi) is 7.67. The number of para-hydroxylation sites is 2. The maximum absolute atomic E-state index is 13.0. The molecule has 3 aromatic carbocycles. The quantitative estimate of drug-likeness (QED) is 0.0888. The minimum atomic E-state index is -0.377. The number of carbonyl (C=O) groups is 2. The van der Waals surface area contributed by atoms with Gasteiger partial charge in [-0.2, -0.15) is 0 Å². The molecule has 1 amide bonds. The molecule has 0 aliphatic rings. The van der Waals surface area contributed by atoms with E-state index in [1.165, 1.54) is 23.1 Å². The second-order valence-corrected chi connectivity index (χ2v) is 12.1. The Balaban J connectivity index is 1.39. The van der Waals surface area contributed by atoms with Crippen LogP contribution >= 0.6 is 35.3 Å². The number of nitrogens with zero attached hydrogens (tertiary/aromatic N) is 5. The topological polar surface area (TPSA) is 93.8 Å². The van der Waals surface area contributed by atoms with Gasteiger partial charge in [-0.1, -0.05) is 35.2 Å². The number of ether oxygens (including phenoxy) is 1. The summed E-state index contributed by atoms with van der Waals surface area (Å²) in [5.74, 6) is -0.375. The monoisotopic (exact) mass is 614 g/mol. The van der Waals surface area contributed by atoms with Crippen molar-refractivity contribution >= 4 is 85.6 Å². The summed E-state index contributed by atoms with van der Waals surface area (Å²) in [6.45, 7) is 2.08. The number of hydrogen-bond acceptors (Lipinski definition) is 9. The third-order valence-electron chi connectivity index (χ3n) is 6.58. The molecule has 0 fully saturated rings. The van der Waals surface area contributed by atoms with Gasteiger partial charge in [-0.15, -0.1) is 0 Å². The zero-order valence-electron chi connectivity index (χ0n) is 23.0. The van der Waals surface area contributed by atoms with E-state index in [1.54, 1.807) is 19.1 Å².